The lowest BCUT2D eigenvalue weighted by atomic mass is 9.78. The van der Waals surface area contributed by atoms with Crippen LogP contribution in [0.2, 0.25) is 0 Å². The molecule has 9 nitrogen and oxygen atoms in total. The van der Waals surface area contributed by atoms with Crippen molar-refractivity contribution in [3.8, 4) is 11.3 Å². The fourth-order valence-electron chi connectivity index (χ4n) is 7.45. The van der Waals surface area contributed by atoms with Gasteiger partial charge in [-0.3, -0.25) is 14.4 Å². The Morgan fingerprint density at radius 3 is 2.50 bits per heavy atom. The SMILES string of the molecule is CN1CCN(c2nc(-c3ccc(C(N)=O)c([C@@H](C(=O)N4C[C@H](C(C)(C)C)[C@H]5OCC(=O)[C@H]54)C4CCCC4)c3)cs2)CC1. The van der Waals surface area contributed by atoms with Crippen molar-refractivity contribution < 1.29 is 19.1 Å². The van der Waals surface area contributed by atoms with Gasteiger partial charge < -0.3 is 25.2 Å². The van der Waals surface area contributed by atoms with Gasteiger partial charge in [0.2, 0.25) is 11.8 Å². The molecule has 3 saturated heterocycles. The Kier molecular flexibility index (Phi) is 7.91. The van der Waals surface area contributed by atoms with Crippen LogP contribution in [0.3, 0.4) is 0 Å². The number of primary amides is 1. The Labute approximate surface area is 252 Å². The minimum Gasteiger partial charge on any atom is -0.367 e. The third kappa shape index (κ3) is 5.37. The van der Waals surface area contributed by atoms with Gasteiger partial charge in [0.25, 0.3) is 0 Å². The largest absolute Gasteiger partial charge is 0.367 e. The van der Waals surface area contributed by atoms with Crippen molar-refractivity contribution in [1.29, 1.82) is 0 Å². The maximum Gasteiger partial charge on any atom is 0.249 e. The van der Waals surface area contributed by atoms with Crippen LogP contribution in [-0.4, -0.2) is 90.9 Å². The van der Waals surface area contributed by atoms with Crippen LogP contribution in [0.5, 0.6) is 0 Å². The van der Waals surface area contributed by atoms with Gasteiger partial charge in [-0.05, 0) is 48.9 Å². The van der Waals surface area contributed by atoms with Crippen LogP contribution < -0.4 is 10.6 Å². The third-order valence-electron chi connectivity index (χ3n) is 9.93. The van der Waals surface area contributed by atoms with Gasteiger partial charge in [-0.2, -0.15) is 0 Å². The van der Waals surface area contributed by atoms with Crippen LogP contribution >= 0.6 is 11.3 Å². The highest BCUT2D eigenvalue weighted by molar-refractivity contribution is 7.14. The molecule has 0 unspecified atom stereocenters. The number of likely N-dealkylation sites (N-methyl/N-ethyl adjacent to an activating group) is 1. The second-order valence-corrected chi connectivity index (χ2v) is 14.5. The van der Waals surface area contributed by atoms with Crippen LogP contribution in [-0.2, 0) is 14.3 Å². The maximum atomic E-state index is 14.7. The smallest absolute Gasteiger partial charge is 0.249 e. The number of ketones is 1. The molecule has 42 heavy (non-hydrogen) atoms. The number of nitrogens with zero attached hydrogens (tertiary/aromatic N) is 4. The van der Waals surface area contributed by atoms with Gasteiger partial charge in [-0.1, -0.05) is 39.7 Å². The number of fused-ring (bicyclic) bond motifs is 1. The lowest BCUT2D eigenvalue weighted by Crippen LogP contribution is -2.45. The quantitative estimate of drug-likeness (QED) is 0.543. The van der Waals surface area contributed by atoms with Crippen molar-refractivity contribution in [2.45, 2.75) is 64.5 Å². The molecule has 1 saturated carbocycles. The molecule has 3 aliphatic heterocycles. The molecule has 2 N–H and O–H groups in total. The number of aromatic nitrogens is 1. The zero-order chi connectivity index (χ0) is 29.8. The van der Waals surface area contributed by atoms with Gasteiger partial charge in [0.05, 0.1) is 17.7 Å². The molecule has 2 amide bonds. The summed E-state index contributed by atoms with van der Waals surface area (Å²) in [7, 11) is 2.13. The highest BCUT2D eigenvalue weighted by Gasteiger charge is 2.56. The number of amides is 2. The molecule has 1 aromatic carbocycles. The first-order valence-electron chi connectivity index (χ1n) is 15.3. The molecule has 10 heteroatoms. The zero-order valence-corrected chi connectivity index (χ0v) is 26.0. The standard InChI is InChI=1S/C32H43N5O4S/c1-32(2,3)23-16-37(27-25(38)17-41-28(23)27)30(40)26(19-7-5-6-8-19)22-15-20(9-10-21(22)29(33)39)24-18-42-31(34-24)36-13-11-35(4)12-14-36/h9-10,15,18-19,23,26-28H,5-8,11-14,16-17H2,1-4H3,(H2,33,39)/t23-,26-,27+,28+/m0/s1. The van der Waals surface area contributed by atoms with Crippen molar-refractivity contribution in [3.05, 3.63) is 34.7 Å². The van der Waals surface area contributed by atoms with Crippen LogP contribution in [0.1, 0.15) is 68.3 Å². The first kappa shape index (κ1) is 29.3. The number of nitrogens with two attached hydrogens (primary N) is 1. The fourth-order valence-corrected chi connectivity index (χ4v) is 8.34. The molecule has 1 aromatic heterocycles. The van der Waals surface area contributed by atoms with Crippen LogP contribution in [0.25, 0.3) is 11.3 Å². The monoisotopic (exact) mass is 593 g/mol. The van der Waals surface area contributed by atoms with E-state index in [1.807, 2.05) is 12.1 Å². The van der Waals surface area contributed by atoms with E-state index in [1.54, 1.807) is 22.3 Å². The molecule has 1 aliphatic carbocycles. The summed E-state index contributed by atoms with van der Waals surface area (Å²) in [5.74, 6) is -1.10. The number of piperazine rings is 1. The first-order valence-corrected chi connectivity index (χ1v) is 16.2. The predicted octanol–water partition coefficient (Wildman–Crippen LogP) is 3.78. The molecule has 6 rings (SSSR count). The fraction of sp³-hybridized carbons (Fsp3) is 0.625. The summed E-state index contributed by atoms with van der Waals surface area (Å²) in [5.41, 5.74) is 8.53. The Morgan fingerprint density at radius 2 is 1.83 bits per heavy atom. The highest BCUT2D eigenvalue weighted by atomic mass is 32.1. The second-order valence-electron chi connectivity index (χ2n) is 13.6. The number of likely N-dealkylation sites (tertiary alicyclic amines) is 1. The number of hydrogen-bond acceptors (Lipinski definition) is 8. The molecular formula is C32H43N5O4S. The first-order chi connectivity index (χ1) is 20.0. The van der Waals surface area contributed by atoms with Crippen molar-refractivity contribution >= 4 is 34.1 Å². The summed E-state index contributed by atoms with van der Waals surface area (Å²) in [6, 6.07) is 5.03. The third-order valence-corrected chi connectivity index (χ3v) is 10.8. The molecule has 0 bridgehead atoms. The molecule has 0 radical (unpaired) electrons. The van der Waals surface area contributed by atoms with E-state index >= 15 is 0 Å². The van der Waals surface area contributed by atoms with E-state index in [-0.39, 0.29) is 41.7 Å². The topological polar surface area (TPSA) is 109 Å². The Bertz CT molecular complexity index is 1350. The predicted molar refractivity (Wildman–Crippen MR) is 164 cm³/mol. The number of ether oxygens (including phenoxy) is 1. The van der Waals surface area contributed by atoms with E-state index in [9.17, 15) is 14.4 Å². The average molecular weight is 594 g/mol. The lowest BCUT2D eigenvalue weighted by molar-refractivity contribution is -0.139. The van der Waals surface area contributed by atoms with Crippen LogP contribution in [0.4, 0.5) is 5.13 Å². The highest BCUT2D eigenvalue weighted by Crippen LogP contribution is 2.46. The van der Waals surface area contributed by atoms with E-state index in [4.69, 9.17) is 15.5 Å². The minimum absolute atomic E-state index is 0.0342. The molecule has 4 atom stereocenters. The van der Waals surface area contributed by atoms with E-state index in [0.29, 0.717) is 17.7 Å². The van der Waals surface area contributed by atoms with Gasteiger partial charge in [0.15, 0.2) is 10.9 Å². The van der Waals surface area contributed by atoms with Crippen LogP contribution in [0.15, 0.2) is 23.6 Å². The molecule has 4 heterocycles. The number of Topliss-reactive ketones (excluding diaryl/α,β-unsaturated/α-hetero) is 1. The second kappa shape index (κ2) is 11.4. The van der Waals surface area contributed by atoms with Crippen LogP contribution in [0, 0.1) is 17.3 Å². The van der Waals surface area contributed by atoms with Gasteiger partial charge in [-0.15, -0.1) is 11.3 Å². The number of benzene rings is 1. The van der Waals surface area contributed by atoms with Gasteiger partial charge in [-0.25, -0.2) is 4.98 Å². The number of anilines is 1. The maximum absolute atomic E-state index is 14.7. The Balaban J connectivity index is 1.38. The molecule has 2 aromatic rings. The number of thiazole rings is 1. The molecule has 4 fully saturated rings. The molecule has 4 aliphatic rings. The van der Waals surface area contributed by atoms with Crippen molar-refractivity contribution in [2.75, 3.05) is 51.3 Å². The van der Waals surface area contributed by atoms with Gasteiger partial charge >= 0.3 is 0 Å². The molecule has 0 spiro atoms. The number of carbonyl (C=O) groups excluding carboxylic acids is 3. The number of rotatable bonds is 6. The van der Waals surface area contributed by atoms with Crippen molar-refractivity contribution in [1.82, 2.24) is 14.8 Å². The molecule has 226 valence electrons. The summed E-state index contributed by atoms with van der Waals surface area (Å²) in [6.45, 7) is 10.8. The number of carbonyl (C=O) groups is 3. The van der Waals surface area contributed by atoms with E-state index in [2.05, 4.69) is 43.0 Å². The number of hydrogen-bond donors (Lipinski definition) is 1. The van der Waals surface area contributed by atoms with E-state index < -0.39 is 17.9 Å². The Hall–Kier alpha value is -2.82. The minimum atomic E-state index is -0.574. The van der Waals surface area contributed by atoms with Crippen molar-refractivity contribution in [2.24, 2.45) is 23.0 Å². The summed E-state index contributed by atoms with van der Waals surface area (Å²) in [4.78, 5) is 51.9. The lowest BCUT2D eigenvalue weighted by Gasteiger charge is -2.32. The summed E-state index contributed by atoms with van der Waals surface area (Å²) in [5, 5.41) is 3.04. The van der Waals surface area contributed by atoms with Crippen molar-refractivity contribution in [3.63, 3.8) is 0 Å². The molecular weight excluding hydrogens is 550 g/mol. The van der Waals surface area contributed by atoms with E-state index in [0.717, 1.165) is 68.3 Å². The van der Waals surface area contributed by atoms with Gasteiger partial charge in [0.1, 0.15) is 12.6 Å². The Morgan fingerprint density at radius 1 is 1.12 bits per heavy atom. The summed E-state index contributed by atoms with van der Waals surface area (Å²) < 4.78 is 5.99. The zero-order valence-electron chi connectivity index (χ0n) is 25.2. The summed E-state index contributed by atoms with van der Waals surface area (Å²) in [6.07, 6.45) is 3.59. The van der Waals surface area contributed by atoms with E-state index in [1.165, 1.54) is 0 Å². The normalized spacial score (nSPS) is 26.2. The average Bonchev–Trinajstić information content (AvgIpc) is 3.75. The summed E-state index contributed by atoms with van der Waals surface area (Å²) >= 11 is 1.62. The van der Waals surface area contributed by atoms with Gasteiger partial charge in [0, 0.05) is 55.1 Å².